The number of nitrogens with zero attached hydrogens (tertiary/aromatic N) is 3. The van der Waals surface area contributed by atoms with Gasteiger partial charge in [-0.2, -0.15) is 5.10 Å². The lowest BCUT2D eigenvalue weighted by atomic mass is 10.1. The zero-order valence-electron chi connectivity index (χ0n) is 15.9. The third kappa shape index (κ3) is 5.35. The fourth-order valence-corrected chi connectivity index (χ4v) is 2.77. The summed E-state index contributed by atoms with van der Waals surface area (Å²) in [4.78, 5) is 34.3. The second-order valence-electron chi connectivity index (χ2n) is 6.60. The number of non-ortho nitro benzene ring substituents is 1. The molecule has 8 nitrogen and oxygen atoms in total. The van der Waals surface area contributed by atoms with Crippen molar-refractivity contribution in [2.75, 3.05) is 5.32 Å². The summed E-state index contributed by atoms with van der Waals surface area (Å²) in [5.74, 6) is -0.235. The van der Waals surface area contributed by atoms with Crippen molar-refractivity contribution in [2.45, 2.75) is 26.3 Å². The van der Waals surface area contributed by atoms with Gasteiger partial charge in [-0.15, -0.1) is 0 Å². The topological polar surface area (TPSA) is 107 Å². The number of nitro benzene ring substituents is 1. The zero-order chi connectivity index (χ0) is 20.8. The molecule has 3 rings (SSSR count). The number of aromatic nitrogens is 2. The van der Waals surface area contributed by atoms with Crippen molar-refractivity contribution >= 4 is 17.3 Å². The van der Waals surface area contributed by atoms with Gasteiger partial charge >= 0.3 is 0 Å². The Hall–Kier alpha value is -3.81. The van der Waals surface area contributed by atoms with Gasteiger partial charge in [0.2, 0.25) is 5.91 Å². The van der Waals surface area contributed by atoms with Gasteiger partial charge in [0.25, 0.3) is 11.2 Å². The number of amides is 1. The first kappa shape index (κ1) is 19.9. The smallest absolute Gasteiger partial charge is 0.269 e. The van der Waals surface area contributed by atoms with Crippen molar-refractivity contribution in [2.24, 2.45) is 0 Å². The van der Waals surface area contributed by atoms with Crippen LogP contribution in [0.1, 0.15) is 18.4 Å². The molecule has 8 heteroatoms. The highest BCUT2D eigenvalue weighted by Crippen LogP contribution is 2.17. The molecule has 0 spiro atoms. The lowest BCUT2D eigenvalue weighted by Crippen LogP contribution is -2.23. The molecule has 148 valence electrons. The van der Waals surface area contributed by atoms with Gasteiger partial charge in [0.05, 0.1) is 10.6 Å². The second-order valence-corrected chi connectivity index (χ2v) is 6.60. The van der Waals surface area contributed by atoms with Crippen LogP contribution < -0.4 is 10.9 Å². The molecular weight excluding hydrogens is 372 g/mol. The molecule has 0 atom stereocenters. The van der Waals surface area contributed by atoms with E-state index in [-0.39, 0.29) is 23.6 Å². The predicted octanol–water partition coefficient (Wildman–Crippen LogP) is 3.55. The minimum Gasteiger partial charge on any atom is -0.326 e. The van der Waals surface area contributed by atoms with Crippen molar-refractivity contribution in [1.82, 2.24) is 9.78 Å². The Bertz CT molecular complexity index is 1070. The van der Waals surface area contributed by atoms with E-state index in [2.05, 4.69) is 10.4 Å². The van der Waals surface area contributed by atoms with Crippen molar-refractivity contribution < 1.29 is 9.72 Å². The summed E-state index contributed by atoms with van der Waals surface area (Å²) >= 11 is 0. The van der Waals surface area contributed by atoms with E-state index in [1.54, 1.807) is 6.07 Å². The Balaban J connectivity index is 1.57. The largest absolute Gasteiger partial charge is 0.326 e. The quantitative estimate of drug-likeness (QED) is 0.489. The molecule has 0 saturated heterocycles. The molecule has 0 aliphatic carbocycles. The van der Waals surface area contributed by atoms with E-state index >= 15 is 0 Å². The van der Waals surface area contributed by atoms with Gasteiger partial charge in [-0.25, -0.2) is 4.68 Å². The maximum absolute atomic E-state index is 12.1. The number of rotatable bonds is 7. The number of nitrogens with one attached hydrogen (secondary N) is 1. The Labute approximate surface area is 167 Å². The molecule has 0 unspecified atom stereocenters. The third-order valence-corrected chi connectivity index (χ3v) is 4.35. The molecule has 1 N–H and O–H groups in total. The van der Waals surface area contributed by atoms with Gasteiger partial charge < -0.3 is 5.32 Å². The van der Waals surface area contributed by atoms with Crippen LogP contribution in [-0.2, 0) is 11.3 Å². The van der Waals surface area contributed by atoms with Crippen molar-refractivity contribution in [3.8, 4) is 11.3 Å². The van der Waals surface area contributed by atoms with E-state index in [1.165, 1.54) is 35.0 Å². The lowest BCUT2D eigenvalue weighted by molar-refractivity contribution is -0.384. The average Bonchev–Trinajstić information content (AvgIpc) is 2.70. The lowest BCUT2D eigenvalue weighted by Gasteiger charge is -2.08. The number of aryl methyl sites for hydroxylation is 2. The number of nitro groups is 1. The zero-order valence-corrected chi connectivity index (χ0v) is 15.9. The standard InChI is InChI=1S/C21H20N4O4/c1-15-4-6-16(7-5-15)19-12-13-21(27)24(23-19)14-2-3-20(26)22-17-8-10-18(11-9-17)25(28)29/h4-13H,2-3,14H2,1H3,(H,22,26). The van der Waals surface area contributed by atoms with Gasteiger partial charge in [-0.1, -0.05) is 29.8 Å². The molecule has 2 aromatic carbocycles. The number of benzene rings is 2. The Kier molecular flexibility index (Phi) is 6.13. The third-order valence-electron chi connectivity index (χ3n) is 4.35. The van der Waals surface area contributed by atoms with E-state index < -0.39 is 4.92 Å². The van der Waals surface area contributed by atoms with Gasteiger partial charge in [-0.3, -0.25) is 19.7 Å². The SMILES string of the molecule is Cc1ccc(-c2ccc(=O)n(CCCC(=O)Nc3ccc([N+](=O)[O-])cc3)n2)cc1. The van der Waals surface area contributed by atoms with E-state index in [9.17, 15) is 19.7 Å². The van der Waals surface area contributed by atoms with E-state index in [0.717, 1.165) is 11.1 Å². The number of hydrogen-bond acceptors (Lipinski definition) is 5. The van der Waals surface area contributed by atoms with Crippen LogP contribution in [0.4, 0.5) is 11.4 Å². The molecular formula is C21H20N4O4. The molecule has 0 aliphatic heterocycles. The van der Waals surface area contributed by atoms with Crippen LogP contribution in [0.3, 0.4) is 0 Å². The Morgan fingerprint density at radius 1 is 1.07 bits per heavy atom. The molecule has 1 amide bonds. The molecule has 0 aliphatic rings. The minimum atomic E-state index is -0.499. The Morgan fingerprint density at radius 2 is 1.76 bits per heavy atom. The van der Waals surface area contributed by atoms with Gasteiger partial charge in [0.1, 0.15) is 0 Å². The molecule has 0 fully saturated rings. The maximum atomic E-state index is 12.1. The van der Waals surface area contributed by atoms with Gasteiger partial charge in [-0.05, 0) is 31.5 Å². The highest BCUT2D eigenvalue weighted by Gasteiger charge is 2.08. The fourth-order valence-electron chi connectivity index (χ4n) is 2.77. The summed E-state index contributed by atoms with van der Waals surface area (Å²) in [5, 5.41) is 17.7. The number of carbonyl (C=O) groups is 1. The van der Waals surface area contributed by atoms with E-state index in [1.807, 2.05) is 31.2 Å². The van der Waals surface area contributed by atoms with Crippen LogP contribution in [0.2, 0.25) is 0 Å². The second kappa shape index (κ2) is 8.92. The summed E-state index contributed by atoms with van der Waals surface area (Å²) in [6.45, 7) is 2.31. The van der Waals surface area contributed by atoms with E-state index in [0.29, 0.717) is 24.3 Å². The van der Waals surface area contributed by atoms with Crippen molar-refractivity contribution in [1.29, 1.82) is 0 Å². The molecule has 1 heterocycles. The van der Waals surface area contributed by atoms with Crippen molar-refractivity contribution in [3.63, 3.8) is 0 Å². The molecule has 0 radical (unpaired) electrons. The molecule has 1 aromatic heterocycles. The van der Waals surface area contributed by atoms with E-state index in [4.69, 9.17) is 0 Å². The fraction of sp³-hybridized carbons (Fsp3) is 0.190. The predicted molar refractivity (Wildman–Crippen MR) is 110 cm³/mol. The van der Waals surface area contributed by atoms with Crippen LogP contribution in [0, 0.1) is 17.0 Å². The van der Waals surface area contributed by atoms with Crippen LogP contribution in [0.15, 0.2) is 65.5 Å². The summed E-state index contributed by atoms with van der Waals surface area (Å²) in [5.41, 5.74) is 2.97. The monoisotopic (exact) mass is 392 g/mol. The molecule has 29 heavy (non-hydrogen) atoms. The summed E-state index contributed by atoms with van der Waals surface area (Å²) < 4.78 is 1.36. The molecule has 0 saturated carbocycles. The first-order valence-corrected chi connectivity index (χ1v) is 9.12. The molecule has 3 aromatic rings. The summed E-state index contributed by atoms with van der Waals surface area (Å²) in [6, 6.07) is 16.6. The minimum absolute atomic E-state index is 0.0399. The van der Waals surface area contributed by atoms with Crippen LogP contribution in [0.5, 0.6) is 0 Å². The Morgan fingerprint density at radius 3 is 2.41 bits per heavy atom. The average molecular weight is 392 g/mol. The highest BCUT2D eigenvalue weighted by atomic mass is 16.6. The maximum Gasteiger partial charge on any atom is 0.269 e. The summed E-state index contributed by atoms with van der Waals surface area (Å²) in [6.07, 6.45) is 0.628. The van der Waals surface area contributed by atoms with Crippen molar-refractivity contribution in [3.05, 3.63) is 86.7 Å². The summed E-state index contributed by atoms with van der Waals surface area (Å²) in [7, 11) is 0. The number of carbonyl (C=O) groups excluding carboxylic acids is 1. The van der Waals surface area contributed by atoms with Crippen LogP contribution in [-0.4, -0.2) is 20.6 Å². The first-order valence-electron chi connectivity index (χ1n) is 9.12. The first-order chi connectivity index (χ1) is 13.9. The van der Waals surface area contributed by atoms with Crippen LogP contribution >= 0.6 is 0 Å². The normalized spacial score (nSPS) is 10.5. The number of hydrogen-bond donors (Lipinski definition) is 1. The van der Waals surface area contributed by atoms with Crippen LogP contribution in [0.25, 0.3) is 11.3 Å². The van der Waals surface area contributed by atoms with Gasteiger partial charge in [0, 0.05) is 42.4 Å². The highest BCUT2D eigenvalue weighted by molar-refractivity contribution is 5.90. The number of anilines is 1. The molecule has 0 bridgehead atoms. The van der Waals surface area contributed by atoms with Gasteiger partial charge in [0.15, 0.2) is 0 Å².